The quantitative estimate of drug-likeness (QED) is 0.505. The summed E-state index contributed by atoms with van der Waals surface area (Å²) in [5.41, 5.74) is 3.13. The lowest BCUT2D eigenvalue weighted by atomic mass is 9.98. The Balaban J connectivity index is 2.25. The minimum Gasteiger partial charge on any atom is -0.323 e. The minimum absolute atomic E-state index is 0.380. The van der Waals surface area contributed by atoms with E-state index in [0.717, 1.165) is 24.1 Å². The topological polar surface area (TPSA) is 50.7 Å². The van der Waals surface area contributed by atoms with Gasteiger partial charge in [-0.25, -0.2) is 4.79 Å². The van der Waals surface area contributed by atoms with Crippen molar-refractivity contribution in [1.82, 2.24) is 5.32 Å². The molecule has 0 aromatic heterocycles. The average Bonchev–Trinajstić information content (AvgIpc) is 2.75. The van der Waals surface area contributed by atoms with Gasteiger partial charge in [0.05, 0.1) is 5.71 Å². The van der Waals surface area contributed by atoms with Gasteiger partial charge in [0.1, 0.15) is 0 Å². The Morgan fingerprint density at radius 3 is 3.11 bits per heavy atom. The van der Waals surface area contributed by atoms with Crippen LogP contribution < -0.4 is 5.32 Å². The zero-order chi connectivity index (χ0) is 13.0. The van der Waals surface area contributed by atoms with Crippen LogP contribution in [0.2, 0.25) is 0 Å². The number of nitrogens with zero attached hydrogens (tertiary/aromatic N) is 1. The van der Waals surface area contributed by atoms with Gasteiger partial charge in [0, 0.05) is 19.0 Å². The third-order valence-corrected chi connectivity index (χ3v) is 3.05. The number of allylic oxidation sites excluding steroid dienone is 1. The van der Waals surface area contributed by atoms with Crippen LogP contribution in [0.1, 0.15) is 29.9 Å². The predicted molar refractivity (Wildman–Crippen MR) is 70.7 cm³/mol. The van der Waals surface area contributed by atoms with Gasteiger partial charge in [0.2, 0.25) is 0 Å². The average molecular weight is 244 g/mol. The number of fused-ring (bicyclic) bond motifs is 1. The first-order valence-electron chi connectivity index (χ1n) is 5.92. The fourth-order valence-electron chi connectivity index (χ4n) is 2.21. The highest BCUT2D eigenvalue weighted by molar-refractivity contribution is 6.05. The molecule has 2 rings (SSSR count). The smallest absolute Gasteiger partial charge is 0.323 e. The van der Waals surface area contributed by atoms with Crippen LogP contribution in [0.3, 0.4) is 0 Å². The van der Waals surface area contributed by atoms with Gasteiger partial charge in [-0.15, -0.1) is 6.58 Å². The lowest BCUT2D eigenvalue weighted by Crippen LogP contribution is -2.17. The molecule has 1 aliphatic rings. The molecule has 0 aliphatic heterocycles. The molecule has 0 fully saturated rings. The summed E-state index contributed by atoms with van der Waals surface area (Å²) in [6, 6.07) is 8.07. The van der Waals surface area contributed by atoms with Crippen molar-refractivity contribution in [2.24, 2.45) is 5.16 Å². The molecule has 4 nitrogen and oxygen atoms in total. The number of hydrogen-bond acceptors (Lipinski definition) is 3. The Hall–Kier alpha value is -2.10. The number of amides is 1. The van der Waals surface area contributed by atoms with Crippen molar-refractivity contribution >= 4 is 11.8 Å². The maximum atomic E-state index is 11.0. The van der Waals surface area contributed by atoms with E-state index in [0.29, 0.717) is 5.92 Å². The van der Waals surface area contributed by atoms with E-state index in [1.165, 1.54) is 12.6 Å². The molecule has 1 aliphatic carbocycles. The summed E-state index contributed by atoms with van der Waals surface area (Å²) >= 11 is 0. The number of nitrogens with one attached hydrogen (secondary N) is 1. The molecule has 94 valence electrons. The second-order valence-corrected chi connectivity index (χ2v) is 4.18. The van der Waals surface area contributed by atoms with E-state index >= 15 is 0 Å². The molecule has 0 radical (unpaired) electrons. The predicted octanol–water partition coefficient (Wildman–Crippen LogP) is 2.81. The molecule has 1 amide bonds. The Morgan fingerprint density at radius 2 is 2.39 bits per heavy atom. The molecule has 1 aromatic carbocycles. The first kappa shape index (κ1) is 12.4. The lowest BCUT2D eigenvalue weighted by molar-refractivity contribution is 0.153. The zero-order valence-corrected chi connectivity index (χ0v) is 10.3. The maximum absolute atomic E-state index is 11.0. The zero-order valence-electron chi connectivity index (χ0n) is 10.3. The molecule has 0 bridgehead atoms. The molecule has 1 atom stereocenters. The standard InChI is InChI=1S/C14H16N2O2/c1-3-6-10-9-13(16-18-14(17)15-2)12-8-5-4-7-11(10)12/h3-5,7-8,10H,1,6,9H2,2H3,(H,15,17)/b16-13-. The van der Waals surface area contributed by atoms with Crippen LogP contribution in [-0.4, -0.2) is 18.9 Å². The van der Waals surface area contributed by atoms with Crippen molar-refractivity contribution in [2.75, 3.05) is 7.05 Å². The molecule has 18 heavy (non-hydrogen) atoms. The minimum atomic E-state index is -0.549. The summed E-state index contributed by atoms with van der Waals surface area (Å²) < 4.78 is 0. The van der Waals surface area contributed by atoms with Crippen molar-refractivity contribution < 1.29 is 9.63 Å². The molecule has 1 unspecified atom stereocenters. The van der Waals surface area contributed by atoms with Crippen LogP contribution >= 0.6 is 0 Å². The largest absolute Gasteiger partial charge is 0.433 e. The molecule has 0 heterocycles. The molecule has 1 N–H and O–H groups in total. The summed E-state index contributed by atoms with van der Waals surface area (Å²) in [7, 11) is 1.51. The van der Waals surface area contributed by atoms with Gasteiger partial charge in [-0.05, 0) is 17.9 Å². The number of carbonyl (C=O) groups excluding carboxylic acids is 1. The molecular formula is C14H16N2O2. The van der Waals surface area contributed by atoms with Crippen molar-refractivity contribution in [1.29, 1.82) is 0 Å². The summed E-state index contributed by atoms with van der Waals surface area (Å²) in [5.74, 6) is 0.380. The van der Waals surface area contributed by atoms with Crippen molar-refractivity contribution in [3.8, 4) is 0 Å². The third-order valence-electron chi connectivity index (χ3n) is 3.05. The third kappa shape index (κ3) is 2.42. The highest BCUT2D eigenvalue weighted by Gasteiger charge is 2.27. The SMILES string of the molecule is C=CCC1C/C(=N/OC(=O)NC)c2ccccc21. The van der Waals surface area contributed by atoms with E-state index in [1.807, 2.05) is 24.3 Å². The van der Waals surface area contributed by atoms with Crippen LogP contribution in [-0.2, 0) is 4.84 Å². The molecule has 0 spiro atoms. The molecule has 4 heteroatoms. The van der Waals surface area contributed by atoms with Crippen LogP contribution in [0, 0.1) is 0 Å². The van der Waals surface area contributed by atoms with Crippen molar-refractivity contribution in [3.05, 3.63) is 48.0 Å². The van der Waals surface area contributed by atoms with Gasteiger partial charge in [-0.2, -0.15) is 0 Å². The molecule has 0 saturated carbocycles. The van der Waals surface area contributed by atoms with Crippen LogP contribution in [0.25, 0.3) is 0 Å². The van der Waals surface area contributed by atoms with E-state index in [1.54, 1.807) is 0 Å². The number of rotatable bonds is 3. The number of oxime groups is 1. The van der Waals surface area contributed by atoms with Crippen LogP contribution in [0.15, 0.2) is 42.1 Å². The first-order chi connectivity index (χ1) is 8.76. The fourth-order valence-corrected chi connectivity index (χ4v) is 2.21. The van der Waals surface area contributed by atoms with Crippen molar-refractivity contribution in [3.63, 3.8) is 0 Å². The van der Waals surface area contributed by atoms with Gasteiger partial charge in [-0.3, -0.25) is 4.84 Å². The van der Waals surface area contributed by atoms with Gasteiger partial charge in [0.25, 0.3) is 0 Å². The van der Waals surface area contributed by atoms with Gasteiger partial charge >= 0.3 is 6.09 Å². The van der Waals surface area contributed by atoms with Gasteiger partial charge in [0.15, 0.2) is 0 Å². The van der Waals surface area contributed by atoms with Gasteiger partial charge in [-0.1, -0.05) is 35.5 Å². The normalized spacial score (nSPS) is 19.4. The summed E-state index contributed by atoms with van der Waals surface area (Å²) in [6.07, 6.45) is 3.04. The molecule has 1 aromatic rings. The maximum Gasteiger partial charge on any atom is 0.433 e. The second-order valence-electron chi connectivity index (χ2n) is 4.18. The summed E-state index contributed by atoms with van der Waals surface area (Å²) in [5, 5.41) is 6.30. The number of benzene rings is 1. The molecule has 0 saturated heterocycles. The van der Waals surface area contributed by atoms with E-state index in [2.05, 4.69) is 23.1 Å². The van der Waals surface area contributed by atoms with E-state index in [-0.39, 0.29) is 0 Å². The summed E-state index contributed by atoms with van der Waals surface area (Å²) in [4.78, 5) is 15.8. The number of carbonyl (C=O) groups is 1. The Bertz CT molecular complexity index is 494. The van der Waals surface area contributed by atoms with E-state index in [4.69, 9.17) is 4.84 Å². The Kier molecular flexibility index (Phi) is 3.77. The monoisotopic (exact) mass is 244 g/mol. The van der Waals surface area contributed by atoms with Crippen molar-refractivity contribution in [2.45, 2.75) is 18.8 Å². The van der Waals surface area contributed by atoms with Crippen LogP contribution in [0.4, 0.5) is 4.79 Å². The Labute approximate surface area is 106 Å². The summed E-state index contributed by atoms with van der Waals surface area (Å²) in [6.45, 7) is 3.77. The van der Waals surface area contributed by atoms with E-state index < -0.39 is 6.09 Å². The van der Waals surface area contributed by atoms with E-state index in [9.17, 15) is 4.79 Å². The molecular weight excluding hydrogens is 228 g/mol. The lowest BCUT2D eigenvalue weighted by Gasteiger charge is -2.06. The first-order valence-corrected chi connectivity index (χ1v) is 5.92. The number of hydrogen-bond donors (Lipinski definition) is 1. The highest BCUT2D eigenvalue weighted by Crippen LogP contribution is 2.35. The van der Waals surface area contributed by atoms with Gasteiger partial charge < -0.3 is 5.32 Å². The second kappa shape index (κ2) is 5.49. The highest BCUT2D eigenvalue weighted by atomic mass is 16.7. The fraction of sp³-hybridized carbons (Fsp3) is 0.286. The van der Waals surface area contributed by atoms with Crippen LogP contribution in [0.5, 0.6) is 0 Å². The Morgan fingerprint density at radius 1 is 1.61 bits per heavy atom.